The number of ether oxygens (including phenoxy) is 2. The van der Waals surface area contributed by atoms with E-state index < -0.39 is 5.60 Å². The van der Waals surface area contributed by atoms with E-state index in [0.717, 1.165) is 53.8 Å². The van der Waals surface area contributed by atoms with Crippen molar-refractivity contribution < 1.29 is 23.8 Å². The zero-order valence-corrected chi connectivity index (χ0v) is 26.5. The Kier molecular flexibility index (Phi) is 17.9. The van der Waals surface area contributed by atoms with Crippen molar-refractivity contribution in [2.45, 2.75) is 74.7 Å². The van der Waals surface area contributed by atoms with Crippen molar-refractivity contribution in [2.75, 3.05) is 26.6 Å². The van der Waals surface area contributed by atoms with Gasteiger partial charge >= 0.3 is 0 Å². The number of carbonyl (C=O) groups is 1. The molecule has 3 rings (SSSR count). The van der Waals surface area contributed by atoms with Crippen molar-refractivity contribution in [3.8, 4) is 5.75 Å². The van der Waals surface area contributed by atoms with Gasteiger partial charge in [-0.05, 0) is 101 Å². The highest BCUT2D eigenvalue weighted by Gasteiger charge is 2.36. The summed E-state index contributed by atoms with van der Waals surface area (Å²) in [6.07, 6.45) is 9.95. The Morgan fingerprint density at radius 2 is 1.82 bits per heavy atom. The van der Waals surface area contributed by atoms with Gasteiger partial charge in [0.2, 0.25) is 0 Å². The van der Waals surface area contributed by atoms with E-state index in [1.807, 2.05) is 20.1 Å². The predicted octanol–water partition coefficient (Wildman–Crippen LogP) is 8.75. The Morgan fingerprint density at radius 3 is 2.28 bits per heavy atom. The summed E-state index contributed by atoms with van der Waals surface area (Å²) >= 11 is 14.9. The molecule has 1 unspecified atom stereocenters. The molecule has 1 saturated heterocycles. The molecule has 1 amide bonds. The van der Waals surface area contributed by atoms with Crippen molar-refractivity contribution in [1.29, 1.82) is 0 Å². The monoisotopic (exact) mass is 619 g/mol. The highest BCUT2D eigenvalue weighted by atomic mass is 35.5. The van der Waals surface area contributed by atoms with Gasteiger partial charge in [-0.1, -0.05) is 48.2 Å². The molecule has 2 N–H and O–H groups in total. The van der Waals surface area contributed by atoms with Crippen LogP contribution in [0.4, 0.5) is 4.39 Å². The molecule has 2 aromatic carbocycles. The standard InChI is InChI=1S/C14H17Cl2NO3S.C8H16O.C7H7FS/c1-14(5-3-4-6-20-14)13(18)17-21-9-7-10(15)12(19-2)11(16)8-9;1-3-5-8(4-2)6-7-9;1-9-7-4-2-6(8)3-5-7/h7-8H,3-6H2,1-2H3,(H,17,18);4,9H,3,5-7H2,1-2H3;2-5H,1H3/b;8-4+;. The fourth-order valence-electron chi connectivity index (χ4n) is 3.57. The molecule has 0 bridgehead atoms. The third-order valence-corrected chi connectivity index (χ3v) is 7.91. The lowest BCUT2D eigenvalue weighted by Crippen LogP contribution is -2.46. The minimum atomic E-state index is -0.759. The van der Waals surface area contributed by atoms with E-state index in [1.54, 1.807) is 36.0 Å². The minimum absolute atomic E-state index is 0.143. The van der Waals surface area contributed by atoms with Crippen LogP contribution in [-0.2, 0) is 9.53 Å². The number of hydrogen-bond acceptors (Lipinski definition) is 6. The Morgan fingerprint density at radius 1 is 1.18 bits per heavy atom. The second kappa shape index (κ2) is 19.6. The van der Waals surface area contributed by atoms with Gasteiger partial charge in [-0.3, -0.25) is 9.52 Å². The first-order valence-corrected chi connectivity index (χ1v) is 15.6. The molecule has 0 radical (unpaired) electrons. The van der Waals surface area contributed by atoms with E-state index in [-0.39, 0.29) is 11.7 Å². The minimum Gasteiger partial charge on any atom is -0.494 e. The van der Waals surface area contributed by atoms with Gasteiger partial charge in [-0.2, -0.15) is 0 Å². The zero-order valence-electron chi connectivity index (χ0n) is 23.3. The molecule has 0 saturated carbocycles. The smallest absolute Gasteiger partial charge is 0.262 e. The second-order valence-electron chi connectivity index (χ2n) is 8.82. The van der Waals surface area contributed by atoms with Crippen molar-refractivity contribution in [3.05, 3.63) is 63.9 Å². The number of methoxy groups -OCH3 is 1. The molecule has 2 aromatic rings. The summed E-state index contributed by atoms with van der Waals surface area (Å²) in [5.74, 6) is 0.111. The van der Waals surface area contributed by atoms with Crippen LogP contribution in [0.5, 0.6) is 5.75 Å². The first kappa shape index (κ1) is 35.6. The fraction of sp³-hybridized carbons (Fsp3) is 0.483. The van der Waals surface area contributed by atoms with E-state index in [9.17, 15) is 9.18 Å². The van der Waals surface area contributed by atoms with Crippen LogP contribution < -0.4 is 9.46 Å². The number of aliphatic hydroxyl groups is 1. The van der Waals surface area contributed by atoms with Crippen LogP contribution in [0.15, 0.2) is 57.8 Å². The van der Waals surface area contributed by atoms with E-state index in [4.69, 9.17) is 37.8 Å². The van der Waals surface area contributed by atoms with Crippen LogP contribution in [0.1, 0.15) is 59.3 Å². The Bertz CT molecular complexity index is 1000. The molecule has 0 spiro atoms. The van der Waals surface area contributed by atoms with Gasteiger partial charge in [0.25, 0.3) is 5.91 Å². The maximum atomic E-state index is 12.2. The number of allylic oxidation sites excluding steroid dienone is 1. The van der Waals surface area contributed by atoms with Gasteiger partial charge < -0.3 is 14.6 Å². The molecule has 1 heterocycles. The van der Waals surface area contributed by atoms with Crippen molar-refractivity contribution in [3.63, 3.8) is 0 Å². The molecule has 39 heavy (non-hydrogen) atoms. The maximum absolute atomic E-state index is 12.2. The first-order chi connectivity index (χ1) is 18.6. The largest absolute Gasteiger partial charge is 0.494 e. The number of aliphatic hydroxyl groups excluding tert-OH is 1. The second-order valence-corrected chi connectivity index (χ2v) is 11.4. The van der Waals surface area contributed by atoms with Crippen molar-refractivity contribution in [1.82, 2.24) is 4.72 Å². The molecule has 1 aliphatic heterocycles. The molecule has 1 fully saturated rings. The summed E-state index contributed by atoms with van der Waals surface area (Å²) in [5.41, 5.74) is 0.616. The van der Waals surface area contributed by atoms with Gasteiger partial charge in [0, 0.05) is 23.0 Å². The number of halogens is 3. The lowest BCUT2D eigenvalue weighted by molar-refractivity contribution is -0.148. The fourth-order valence-corrected chi connectivity index (χ4v) is 5.52. The lowest BCUT2D eigenvalue weighted by Gasteiger charge is -2.32. The Labute approximate surface area is 251 Å². The highest BCUT2D eigenvalue weighted by molar-refractivity contribution is 7.98. The summed E-state index contributed by atoms with van der Waals surface area (Å²) in [7, 11) is 1.50. The quantitative estimate of drug-likeness (QED) is 0.166. The van der Waals surface area contributed by atoms with Crippen molar-refractivity contribution in [2.24, 2.45) is 0 Å². The molecule has 1 aliphatic rings. The van der Waals surface area contributed by atoms with Gasteiger partial charge in [0.05, 0.1) is 17.2 Å². The first-order valence-electron chi connectivity index (χ1n) is 12.8. The summed E-state index contributed by atoms with van der Waals surface area (Å²) < 4.78 is 25.7. The van der Waals surface area contributed by atoms with Crippen molar-refractivity contribution >= 4 is 52.8 Å². The molecule has 0 aromatic heterocycles. The normalized spacial score (nSPS) is 16.8. The molecule has 218 valence electrons. The van der Waals surface area contributed by atoms with E-state index in [1.165, 1.54) is 31.2 Å². The molecule has 0 aliphatic carbocycles. The SMILES string of the molecule is C/C=C(\CCC)CCO.COc1c(Cl)cc(SNC(=O)C2(C)CCCCO2)cc1Cl.CSc1ccc(F)cc1. The van der Waals surface area contributed by atoms with E-state index in [0.29, 0.717) is 29.0 Å². The zero-order chi connectivity index (χ0) is 29.3. The average molecular weight is 621 g/mol. The summed E-state index contributed by atoms with van der Waals surface area (Å²) in [6, 6.07) is 9.85. The van der Waals surface area contributed by atoms with Crippen LogP contribution in [0.25, 0.3) is 0 Å². The van der Waals surface area contributed by atoms with Crippen LogP contribution in [0.3, 0.4) is 0 Å². The molecular weight excluding hydrogens is 580 g/mol. The number of carbonyl (C=O) groups excluding carboxylic acids is 1. The van der Waals surface area contributed by atoms with Gasteiger partial charge in [0.15, 0.2) is 5.75 Å². The summed E-state index contributed by atoms with van der Waals surface area (Å²) in [4.78, 5) is 14.1. The number of nitrogens with one attached hydrogen (secondary N) is 1. The summed E-state index contributed by atoms with van der Waals surface area (Å²) in [6.45, 7) is 6.91. The Hall–Kier alpha value is -1.42. The third kappa shape index (κ3) is 13.2. The van der Waals surface area contributed by atoms with E-state index in [2.05, 4.69) is 17.7 Å². The number of amides is 1. The maximum Gasteiger partial charge on any atom is 0.262 e. The molecular formula is C29H40Cl2FNO4S2. The van der Waals surface area contributed by atoms with E-state index >= 15 is 0 Å². The molecule has 5 nitrogen and oxygen atoms in total. The van der Waals surface area contributed by atoms with Crippen LogP contribution in [0.2, 0.25) is 10.0 Å². The lowest BCUT2D eigenvalue weighted by atomic mass is 9.95. The van der Waals surface area contributed by atoms with Crippen LogP contribution >= 0.6 is 46.9 Å². The van der Waals surface area contributed by atoms with Gasteiger partial charge in [-0.25, -0.2) is 4.39 Å². The average Bonchev–Trinajstić information content (AvgIpc) is 2.93. The number of thioether (sulfide) groups is 1. The third-order valence-electron chi connectivity index (χ3n) is 5.85. The number of rotatable bonds is 9. The topological polar surface area (TPSA) is 67.8 Å². The van der Waals surface area contributed by atoms with Crippen LogP contribution in [-0.4, -0.2) is 43.2 Å². The van der Waals surface area contributed by atoms with Crippen LogP contribution in [0, 0.1) is 5.82 Å². The number of benzene rings is 2. The van der Waals surface area contributed by atoms with Gasteiger partial charge in [-0.15, -0.1) is 11.8 Å². The molecule has 10 heteroatoms. The predicted molar refractivity (Wildman–Crippen MR) is 164 cm³/mol. The van der Waals surface area contributed by atoms with Gasteiger partial charge in [0.1, 0.15) is 11.4 Å². The summed E-state index contributed by atoms with van der Waals surface area (Å²) in [5, 5.41) is 9.36. The Balaban J connectivity index is 0.000000349. The number of hydrogen-bond donors (Lipinski definition) is 2. The molecule has 1 atom stereocenters. The highest BCUT2D eigenvalue weighted by Crippen LogP contribution is 2.36.